The van der Waals surface area contributed by atoms with Gasteiger partial charge in [-0.05, 0) is 113 Å². The Morgan fingerprint density at radius 1 is 0.610 bits per heavy atom. The average Bonchev–Trinajstić information content (AvgIpc) is 2.84. The van der Waals surface area contributed by atoms with Crippen LogP contribution in [0.2, 0.25) is 36.5 Å². The molecule has 0 fully saturated rings. The lowest BCUT2D eigenvalue weighted by Gasteiger charge is -2.09. The first-order chi connectivity index (χ1) is 19.1. The molecule has 0 saturated heterocycles. The number of nitrogens with zero attached hydrogens (tertiary/aromatic N) is 6. The maximum absolute atomic E-state index is 11.3. The summed E-state index contributed by atoms with van der Waals surface area (Å²) in [6.07, 6.45) is 0.314. The minimum atomic E-state index is -0.556. The van der Waals surface area contributed by atoms with Crippen molar-refractivity contribution in [3.63, 3.8) is 0 Å². The number of carbonyl (C=O) groups is 2. The fourth-order valence-corrected chi connectivity index (χ4v) is 4.30. The van der Waals surface area contributed by atoms with Gasteiger partial charge in [-0.2, -0.15) is 19.9 Å². The Labute approximate surface area is 268 Å². The number of hydrogen-bond donors (Lipinski definition) is 3. The van der Waals surface area contributed by atoms with Crippen LogP contribution in [0.25, 0.3) is 0 Å². The van der Waals surface area contributed by atoms with Crippen LogP contribution in [-0.4, -0.2) is 41.7 Å². The first kappa shape index (κ1) is 34.4. The van der Waals surface area contributed by atoms with Crippen molar-refractivity contribution < 1.29 is 9.59 Å². The molecule has 0 radical (unpaired) electrons. The molecule has 0 saturated carbocycles. The van der Waals surface area contributed by atoms with E-state index in [0.717, 1.165) is 16.7 Å². The molecule has 216 valence electrons. The Morgan fingerprint density at radius 3 is 1.37 bits per heavy atom. The standard InChI is InChI=1S/C12H9Cl3N4O.C8H9ClN2O.C3Cl3N3/c1-5-6(2-7(10(16)20)3-8(5)13)4-9-17-11(14)19-12(15)18-9;1-4-6(9)2-5(8(11)12)3-7(4)10;4-1-7-2(5)9-3(6)8-1/h2-3H,4H2,1H3,(H2,16,20);2-3H,10H2,1H3,(H2,11,12);. The molecule has 6 N–H and O–H groups in total. The molecule has 4 aromatic rings. The summed E-state index contributed by atoms with van der Waals surface area (Å²) in [4.78, 5) is 44.0. The lowest BCUT2D eigenvalue weighted by Crippen LogP contribution is -2.12. The maximum atomic E-state index is 11.3. The summed E-state index contributed by atoms with van der Waals surface area (Å²) in [5.41, 5.74) is 19.4. The van der Waals surface area contributed by atoms with Gasteiger partial charge in [0.2, 0.25) is 38.2 Å². The zero-order valence-electron chi connectivity index (χ0n) is 20.9. The molecule has 2 aromatic carbocycles. The zero-order chi connectivity index (χ0) is 31.0. The second kappa shape index (κ2) is 15.5. The van der Waals surface area contributed by atoms with Crippen molar-refractivity contribution in [1.82, 2.24) is 29.9 Å². The van der Waals surface area contributed by atoms with Gasteiger partial charge < -0.3 is 17.2 Å². The highest BCUT2D eigenvalue weighted by atomic mass is 35.5. The van der Waals surface area contributed by atoms with E-state index in [9.17, 15) is 9.59 Å². The molecule has 0 bridgehead atoms. The number of amides is 2. The molecule has 2 amide bonds. The Hall–Kier alpha value is -2.77. The second-order valence-corrected chi connectivity index (χ2v) is 10.3. The van der Waals surface area contributed by atoms with E-state index in [4.69, 9.17) is 98.4 Å². The van der Waals surface area contributed by atoms with E-state index >= 15 is 0 Å². The van der Waals surface area contributed by atoms with Gasteiger partial charge in [-0.1, -0.05) is 23.2 Å². The minimum Gasteiger partial charge on any atom is -0.398 e. The van der Waals surface area contributed by atoms with Crippen LogP contribution in [0.5, 0.6) is 0 Å². The van der Waals surface area contributed by atoms with E-state index in [1.165, 1.54) is 18.2 Å². The molecule has 0 aliphatic carbocycles. The number of aromatic nitrogens is 6. The van der Waals surface area contributed by atoms with E-state index in [1.807, 2.05) is 6.92 Å². The SMILES string of the molecule is Cc1c(Cl)cc(C(N)=O)cc1Cc1nc(Cl)nc(Cl)n1.Cc1c(N)cc(C(N)=O)cc1Cl.Clc1nc(Cl)nc(Cl)n1. The summed E-state index contributed by atoms with van der Waals surface area (Å²) in [7, 11) is 0. The second-order valence-electron chi connectivity index (χ2n) is 7.75. The number of hydrogen-bond acceptors (Lipinski definition) is 9. The molecule has 0 aliphatic rings. The van der Waals surface area contributed by atoms with Gasteiger partial charge in [0.15, 0.2) is 0 Å². The molecule has 41 heavy (non-hydrogen) atoms. The van der Waals surface area contributed by atoms with Crippen LogP contribution in [0.3, 0.4) is 0 Å². The van der Waals surface area contributed by atoms with Crippen LogP contribution in [0.15, 0.2) is 24.3 Å². The number of benzene rings is 2. The Balaban J connectivity index is 0.000000237. The van der Waals surface area contributed by atoms with E-state index in [-0.39, 0.29) is 26.4 Å². The molecule has 2 heterocycles. The molecule has 0 unspecified atom stereocenters. The number of primary amides is 2. The van der Waals surface area contributed by atoms with Gasteiger partial charge in [0.1, 0.15) is 5.82 Å². The van der Waals surface area contributed by atoms with E-state index in [2.05, 4.69) is 29.9 Å². The first-order valence-electron chi connectivity index (χ1n) is 10.8. The highest BCUT2D eigenvalue weighted by Crippen LogP contribution is 2.24. The van der Waals surface area contributed by atoms with E-state index in [1.54, 1.807) is 13.0 Å². The summed E-state index contributed by atoms with van der Waals surface area (Å²) in [6.45, 7) is 3.61. The van der Waals surface area contributed by atoms with Gasteiger partial charge in [-0.3, -0.25) is 9.59 Å². The quantitative estimate of drug-likeness (QED) is 0.215. The summed E-state index contributed by atoms with van der Waals surface area (Å²) in [5, 5.41) is 0.927. The van der Waals surface area contributed by atoms with Crippen molar-refractivity contribution in [3.8, 4) is 0 Å². The molecular formula is C23H18Cl7N9O2. The molecule has 0 atom stereocenters. The van der Waals surface area contributed by atoms with Crippen molar-refractivity contribution >= 4 is 98.7 Å². The number of anilines is 1. The monoisotopic (exact) mass is 697 g/mol. The Morgan fingerprint density at radius 2 is 0.976 bits per heavy atom. The Bertz CT molecular complexity index is 1510. The molecule has 4 rings (SSSR count). The predicted octanol–water partition coefficient (Wildman–Crippen LogP) is 5.99. The van der Waals surface area contributed by atoms with Crippen LogP contribution in [0.4, 0.5) is 5.69 Å². The zero-order valence-corrected chi connectivity index (χ0v) is 26.2. The third-order valence-electron chi connectivity index (χ3n) is 4.93. The highest BCUT2D eigenvalue weighted by molar-refractivity contribution is 6.34. The predicted molar refractivity (Wildman–Crippen MR) is 161 cm³/mol. The fraction of sp³-hybridized carbons (Fsp3) is 0.130. The minimum absolute atomic E-state index is 0.000000000000000444. The third kappa shape index (κ3) is 10.9. The van der Waals surface area contributed by atoms with Gasteiger partial charge in [0.25, 0.3) is 0 Å². The van der Waals surface area contributed by atoms with Gasteiger partial charge in [0, 0.05) is 33.3 Å². The maximum Gasteiger partial charge on any atom is 0.248 e. The lowest BCUT2D eigenvalue weighted by molar-refractivity contribution is 0.0992. The number of nitrogen functional groups attached to an aromatic ring is 1. The van der Waals surface area contributed by atoms with Crippen molar-refractivity contribution in [3.05, 3.63) is 94.4 Å². The summed E-state index contributed by atoms with van der Waals surface area (Å²) in [6, 6.07) is 6.20. The molecule has 11 nitrogen and oxygen atoms in total. The van der Waals surface area contributed by atoms with E-state index in [0.29, 0.717) is 39.1 Å². The van der Waals surface area contributed by atoms with Crippen LogP contribution < -0.4 is 17.2 Å². The number of rotatable bonds is 4. The molecular weight excluding hydrogens is 682 g/mol. The van der Waals surface area contributed by atoms with Gasteiger partial charge in [0.05, 0.1) is 0 Å². The topological polar surface area (TPSA) is 190 Å². The van der Waals surface area contributed by atoms with Crippen LogP contribution >= 0.6 is 81.2 Å². The Kier molecular flexibility index (Phi) is 13.0. The summed E-state index contributed by atoms with van der Waals surface area (Å²) < 4.78 is 0. The normalized spacial score (nSPS) is 10.2. The molecule has 2 aromatic heterocycles. The third-order valence-corrected chi connectivity index (χ3v) is 6.56. The molecule has 0 spiro atoms. The van der Waals surface area contributed by atoms with Gasteiger partial charge in [-0.15, -0.1) is 0 Å². The van der Waals surface area contributed by atoms with Crippen LogP contribution in [0.1, 0.15) is 43.2 Å². The van der Waals surface area contributed by atoms with Crippen LogP contribution in [-0.2, 0) is 6.42 Å². The average molecular weight is 701 g/mol. The van der Waals surface area contributed by atoms with E-state index < -0.39 is 11.8 Å². The number of nitrogens with two attached hydrogens (primary N) is 3. The summed E-state index contributed by atoms with van der Waals surface area (Å²) in [5.74, 6) is -0.695. The lowest BCUT2D eigenvalue weighted by atomic mass is 10.0. The number of halogens is 7. The molecule has 18 heteroatoms. The highest BCUT2D eigenvalue weighted by Gasteiger charge is 2.12. The number of carbonyl (C=O) groups excluding carboxylic acids is 2. The van der Waals surface area contributed by atoms with Gasteiger partial charge in [-0.25, -0.2) is 9.97 Å². The van der Waals surface area contributed by atoms with Crippen molar-refractivity contribution in [2.24, 2.45) is 11.5 Å². The summed E-state index contributed by atoms with van der Waals surface area (Å²) >= 11 is 39.3. The first-order valence-corrected chi connectivity index (χ1v) is 13.4. The van der Waals surface area contributed by atoms with Crippen molar-refractivity contribution in [2.45, 2.75) is 20.3 Å². The van der Waals surface area contributed by atoms with Crippen LogP contribution in [0, 0.1) is 13.8 Å². The van der Waals surface area contributed by atoms with Crippen molar-refractivity contribution in [1.29, 1.82) is 0 Å². The smallest absolute Gasteiger partial charge is 0.248 e. The fourth-order valence-electron chi connectivity index (χ4n) is 2.82. The van der Waals surface area contributed by atoms with Gasteiger partial charge >= 0.3 is 0 Å². The van der Waals surface area contributed by atoms with Crippen molar-refractivity contribution in [2.75, 3.05) is 5.73 Å². The largest absolute Gasteiger partial charge is 0.398 e. The molecule has 0 aliphatic heterocycles.